The van der Waals surface area contributed by atoms with Gasteiger partial charge in [-0.2, -0.15) is 0 Å². The van der Waals surface area contributed by atoms with Gasteiger partial charge in [0.05, 0.1) is 49.1 Å². The Morgan fingerprint density at radius 3 is 0.766 bits per heavy atom. The quantitative estimate of drug-likeness (QED) is 0.131. The van der Waals surface area contributed by atoms with Crippen molar-refractivity contribution in [1.29, 1.82) is 0 Å². The van der Waals surface area contributed by atoms with Crippen molar-refractivity contribution in [3.05, 3.63) is 80.9 Å². The molecule has 111 heavy (non-hydrogen) atoms. The average molecular weight is 1440 g/mol. The SMILES string of the molecule is C#CC#CC#CC#CC#CC#CC#CC#CCC(=O)Oc1cc2c(O)c(c1)C=NC1CCCCC1N=Cc1cc(CC(=O)OC#CC#CC#CC#CC#CC#CC#CC#C)cc(c1O)C=NC1CCCCC1N=Cc1cc(CC(=O)OC#CC#CC#CC#CC#CC#CC#CC#C)cc(c1O)C=NC1CCCCC1N=C2. The van der Waals surface area contributed by atoms with Crippen molar-refractivity contribution < 1.29 is 43.9 Å². The largest absolute Gasteiger partial charge is 0.507 e. The Bertz CT molecular complexity index is 5330. The predicted octanol–water partition coefficient (Wildman–Crippen LogP) is 7.02. The van der Waals surface area contributed by atoms with Crippen molar-refractivity contribution in [3.8, 4) is 309 Å². The number of terminal acetylenes is 3. The van der Waals surface area contributed by atoms with E-state index in [4.69, 9.17) is 63.4 Å². The number of benzene rings is 3. The molecule has 1 heterocycles. The van der Waals surface area contributed by atoms with Crippen LogP contribution in [-0.4, -0.2) is 107 Å². The molecular formula is C96H54N6O9. The second kappa shape index (κ2) is 48.7. The molecule has 7 rings (SSSR count). The van der Waals surface area contributed by atoms with Crippen LogP contribution in [0.2, 0.25) is 0 Å². The molecule has 3 aromatic rings. The predicted molar refractivity (Wildman–Crippen MR) is 428 cm³/mol. The van der Waals surface area contributed by atoms with Gasteiger partial charge in [0, 0.05) is 154 Å². The van der Waals surface area contributed by atoms with E-state index < -0.39 is 54.2 Å². The van der Waals surface area contributed by atoms with Gasteiger partial charge in [-0.1, -0.05) is 44.4 Å². The van der Waals surface area contributed by atoms with E-state index in [2.05, 4.69) is 267 Å². The maximum absolute atomic E-state index is 13.4. The number of carbonyl (C=O) groups is 3. The summed E-state index contributed by atoms with van der Waals surface area (Å²) in [4.78, 5) is 70.3. The summed E-state index contributed by atoms with van der Waals surface area (Å²) in [6.07, 6.45) is 36.6. The van der Waals surface area contributed by atoms with E-state index in [9.17, 15) is 29.7 Å². The maximum Gasteiger partial charge on any atom is 0.324 e. The first-order valence-corrected chi connectivity index (χ1v) is 33.7. The Hall–Kier alpha value is -17.1. The number of phenols is 3. The summed E-state index contributed by atoms with van der Waals surface area (Å²) in [5.41, 5.74) is 2.31. The van der Waals surface area contributed by atoms with Crippen molar-refractivity contribution in [1.82, 2.24) is 0 Å². The second-order valence-corrected chi connectivity index (χ2v) is 22.8. The van der Waals surface area contributed by atoms with Crippen LogP contribution in [0.25, 0.3) is 0 Å². The third-order valence-electron chi connectivity index (χ3n) is 15.3. The monoisotopic (exact) mass is 1430 g/mol. The van der Waals surface area contributed by atoms with E-state index in [1.165, 1.54) is 37.0 Å². The third kappa shape index (κ3) is 31.2. The molecule has 0 aromatic heterocycles. The zero-order valence-electron chi connectivity index (χ0n) is 59.2. The van der Waals surface area contributed by atoms with Crippen LogP contribution in [0, 0.1) is 286 Å². The number of ether oxygens (including phenoxy) is 3. The minimum atomic E-state index is -0.734. The van der Waals surface area contributed by atoms with Crippen molar-refractivity contribution >= 4 is 55.2 Å². The van der Waals surface area contributed by atoms with E-state index >= 15 is 0 Å². The number of esters is 3. The van der Waals surface area contributed by atoms with Gasteiger partial charge in [-0.15, -0.1) is 19.3 Å². The molecule has 0 radical (unpaired) electrons. The van der Waals surface area contributed by atoms with Crippen molar-refractivity contribution in [2.24, 2.45) is 30.0 Å². The van der Waals surface area contributed by atoms with E-state index in [0.29, 0.717) is 49.7 Å². The summed E-state index contributed by atoms with van der Waals surface area (Å²) in [5, 5.41) is 36.3. The molecule has 6 unspecified atom stereocenters. The number of aliphatic imine (C=N–C) groups is 6. The summed E-state index contributed by atoms with van der Waals surface area (Å²) in [6, 6.07) is 6.95. The van der Waals surface area contributed by atoms with Gasteiger partial charge in [0.15, 0.2) is 0 Å². The lowest BCUT2D eigenvalue weighted by Crippen LogP contribution is -2.27. The molecule has 6 atom stereocenters. The zero-order chi connectivity index (χ0) is 78.4. The number of rotatable bonds is 6. The number of hydrogen-bond donors (Lipinski definition) is 3. The van der Waals surface area contributed by atoms with Gasteiger partial charge in [0.25, 0.3) is 0 Å². The molecule has 0 saturated heterocycles. The molecule has 3 N–H and O–H groups in total. The Balaban J connectivity index is 1.25. The molecule has 3 aliphatic carbocycles. The lowest BCUT2D eigenvalue weighted by molar-refractivity contribution is -0.137. The Morgan fingerprint density at radius 1 is 0.306 bits per heavy atom. The summed E-state index contributed by atoms with van der Waals surface area (Å²) in [6.45, 7) is 0. The summed E-state index contributed by atoms with van der Waals surface area (Å²) >= 11 is 0. The van der Waals surface area contributed by atoms with Gasteiger partial charge in [-0.05, 0) is 252 Å². The van der Waals surface area contributed by atoms with E-state index in [1.54, 1.807) is 36.7 Å². The smallest absolute Gasteiger partial charge is 0.324 e. The van der Waals surface area contributed by atoms with Gasteiger partial charge in [0.1, 0.15) is 41.6 Å². The highest BCUT2D eigenvalue weighted by atomic mass is 16.5. The van der Waals surface area contributed by atoms with Crippen LogP contribution in [0.5, 0.6) is 23.0 Å². The number of hydrogen-bond acceptors (Lipinski definition) is 15. The summed E-state index contributed by atoms with van der Waals surface area (Å²) < 4.78 is 16.3. The average Bonchev–Trinajstić information content (AvgIpc) is 0.888. The fraction of sp³-hybridized carbons (Fsp3) is 0.219. The first kappa shape index (κ1) is 81.2. The number of aromatic hydroxyl groups is 3. The van der Waals surface area contributed by atoms with E-state index in [1.807, 2.05) is 0 Å². The Morgan fingerprint density at radius 2 is 0.523 bits per heavy atom. The molecule has 522 valence electrons. The Labute approximate surface area is 648 Å². The van der Waals surface area contributed by atoms with Crippen LogP contribution in [0.15, 0.2) is 66.4 Å². The molecule has 0 spiro atoms. The molecular weight excluding hydrogens is 1380 g/mol. The molecule has 15 heteroatoms. The molecule has 3 fully saturated rings. The molecule has 3 aromatic carbocycles. The number of fused-ring (bicyclic) bond motifs is 9. The fourth-order valence-electron chi connectivity index (χ4n) is 10.5. The zero-order valence-corrected chi connectivity index (χ0v) is 59.2. The number of carbonyl (C=O) groups excluding carboxylic acids is 3. The van der Waals surface area contributed by atoms with Crippen LogP contribution in [0.1, 0.15) is 128 Å². The molecule has 0 amide bonds. The van der Waals surface area contributed by atoms with Gasteiger partial charge in [-0.25, -0.2) is 0 Å². The number of nitrogens with zero attached hydrogens (tertiary/aromatic N) is 6. The van der Waals surface area contributed by atoms with Crippen LogP contribution in [0.4, 0.5) is 0 Å². The highest BCUT2D eigenvalue weighted by Crippen LogP contribution is 2.33. The molecule has 4 aliphatic rings. The highest BCUT2D eigenvalue weighted by Gasteiger charge is 2.28. The van der Waals surface area contributed by atoms with Gasteiger partial charge in [0.2, 0.25) is 0 Å². The van der Waals surface area contributed by atoms with Crippen LogP contribution in [-0.2, 0) is 36.7 Å². The molecule has 3 saturated carbocycles. The normalized spacial score (nSPS) is 15.3. The first-order valence-electron chi connectivity index (χ1n) is 33.7. The lowest BCUT2D eigenvalue weighted by atomic mass is 9.91. The van der Waals surface area contributed by atoms with Gasteiger partial charge >= 0.3 is 17.9 Å². The van der Waals surface area contributed by atoms with Crippen molar-refractivity contribution in [3.63, 3.8) is 0 Å². The molecule has 1 aliphatic heterocycles. The Kier molecular flexibility index (Phi) is 35.7. The van der Waals surface area contributed by atoms with E-state index in [-0.39, 0.29) is 75.6 Å². The fourth-order valence-corrected chi connectivity index (χ4v) is 10.5. The highest BCUT2D eigenvalue weighted by molar-refractivity contribution is 5.96. The van der Waals surface area contributed by atoms with E-state index in [0.717, 1.165) is 38.5 Å². The summed E-state index contributed by atoms with van der Waals surface area (Å²) in [7, 11) is 0. The van der Waals surface area contributed by atoms with Crippen molar-refractivity contribution in [2.45, 2.75) is 133 Å². The maximum atomic E-state index is 13.4. The molecule has 15 nitrogen and oxygen atoms in total. The van der Waals surface area contributed by atoms with Crippen LogP contribution in [0.3, 0.4) is 0 Å². The van der Waals surface area contributed by atoms with Crippen molar-refractivity contribution in [2.75, 3.05) is 0 Å². The molecule has 6 bridgehead atoms. The standard InChI is InChI=1S/C96H54N6O9/c1-4-7-10-13-16-19-22-25-28-29-32-35-38-41-44-59-91(103)111-84-68-82-74-101-89-57-49-47-55-87(89)99-72-80-64-76(66-92(104)109-60-51-42-39-36-33-30-26-23-20-17-14-11-8-5-2)62-78(94(80)106)70-97-85-53-45-46-54-86(85)98-71-79-63-77(67-93(105)110-61-52-43-40-37-34-31-27-24-21-18-15-12-9-6-3)65-81(95(79)107)73-100-88-56-48-50-58-90(88)102-75-83(69-84)96(82)108/h1-3,62-65,68-75,85-90,106-108H,45-50,53-59,66-67H2. The minimum absolute atomic E-state index is 0.0519. The van der Waals surface area contributed by atoms with Gasteiger partial charge < -0.3 is 29.5 Å². The topological polar surface area (TPSA) is 214 Å². The lowest BCUT2D eigenvalue weighted by Gasteiger charge is -2.26. The second-order valence-electron chi connectivity index (χ2n) is 22.8. The van der Waals surface area contributed by atoms with Crippen LogP contribution < -0.4 is 4.74 Å². The summed E-state index contributed by atoms with van der Waals surface area (Å²) in [5.74, 6) is 103. The first-order chi connectivity index (χ1) is 54.5. The van der Waals surface area contributed by atoms with Gasteiger partial charge in [-0.3, -0.25) is 44.3 Å². The minimum Gasteiger partial charge on any atom is -0.507 e. The van der Waals surface area contributed by atoms with Crippen LogP contribution >= 0.6 is 0 Å². The third-order valence-corrected chi connectivity index (χ3v) is 15.3. The number of phenolic OH excluding ortho intramolecular Hbond substituents is 3.